The molecule has 7 heteroatoms. The summed E-state index contributed by atoms with van der Waals surface area (Å²) >= 11 is 15.2. The Morgan fingerprint density at radius 1 is 1.00 bits per heavy atom. The van der Waals surface area contributed by atoms with Crippen LogP contribution in [0.25, 0.3) is 0 Å². The fraction of sp³-hybridized carbons (Fsp3) is 0.200. The summed E-state index contributed by atoms with van der Waals surface area (Å²) in [5.41, 5.74) is -0.380. The average molecular weight is 300 g/mol. The summed E-state index contributed by atoms with van der Waals surface area (Å²) in [5, 5.41) is 17.1. The van der Waals surface area contributed by atoms with Crippen molar-refractivity contribution in [2.24, 2.45) is 0 Å². The topological polar surface area (TPSA) is 74.6 Å². The highest BCUT2D eigenvalue weighted by Crippen LogP contribution is 2.23. The van der Waals surface area contributed by atoms with Gasteiger partial charge in [-0.2, -0.15) is 0 Å². The number of hydrogen-bond acceptors (Lipinski definition) is 2. The number of rotatable bonds is 2. The fourth-order valence-electron chi connectivity index (χ4n) is 0.856. The molecule has 1 aromatic rings. The number of benzene rings is 1. The largest absolute Gasteiger partial charge is 0.478 e. The van der Waals surface area contributed by atoms with Crippen LogP contribution in [0, 0.1) is 0 Å². The molecule has 0 unspecified atom stereocenters. The van der Waals surface area contributed by atoms with Crippen LogP contribution in [0.1, 0.15) is 27.6 Å². The molecule has 0 atom stereocenters. The quantitative estimate of drug-likeness (QED) is 0.820. The summed E-state index contributed by atoms with van der Waals surface area (Å²) in [6.45, 7) is 1.48. The van der Waals surface area contributed by atoms with Gasteiger partial charge in [0.05, 0.1) is 11.1 Å². The zero-order valence-electron chi connectivity index (χ0n) is 8.65. The second-order valence-electron chi connectivity index (χ2n) is 2.94. The van der Waals surface area contributed by atoms with Crippen molar-refractivity contribution in [3.8, 4) is 0 Å². The van der Waals surface area contributed by atoms with E-state index in [1.54, 1.807) is 0 Å². The van der Waals surface area contributed by atoms with E-state index in [0.717, 1.165) is 0 Å². The molecule has 1 aromatic carbocycles. The van der Waals surface area contributed by atoms with Gasteiger partial charge in [-0.25, -0.2) is 9.59 Å². The predicted molar refractivity (Wildman–Crippen MR) is 66.3 cm³/mol. The molecular formula is C10H9Cl3O4. The van der Waals surface area contributed by atoms with Crippen LogP contribution in [-0.2, 0) is 0 Å². The molecule has 0 radical (unpaired) electrons. The Balaban J connectivity index is 0.000000437. The second kappa shape index (κ2) is 6.69. The third kappa shape index (κ3) is 7.85. The summed E-state index contributed by atoms with van der Waals surface area (Å²) in [4.78, 5) is 20.9. The van der Waals surface area contributed by atoms with Crippen molar-refractivity contribution in [2.75, 3.05) is 0 Å². The molecule has 17 heavy (non-hydrogen) atoms. The lowest BCUT2D eigenvalue weighted by Crippen LogP contribution is -2.06. The van der Waals surface area contributed by atoms with Crippen LogP contribution in [-0.4, -0.2) is 25.9 Å². The molecule has 0 aromatic heterocycles. The van der Waals surface area contributed by atoms with Gasteiger partial charge in [0.25, 0.3) is 0 Å². The summed E-state index contributed by atoms with van der Waals surface area (Å²) in [6, 6.07) is 5.48. The fourth-order valence-corrected chi connectivity index (χ4v) is 0.856. The molecule has 1 rings (SSSR count). The van der Waals surface area contributed by atoms with E-state index in [-0.39, 0.29) is 11.1 Å². The Kier molecular flexibility index (Phi) is 6.31. The summed E-state index contributed by atoms with van der Waals surface area (Å²) in [6.07, 6.45) is 0. The van der Waals surface area contributed by atoms with E-state index in [9.17, 15) is 9.59 Å². The predicted octanol–water partition coefficient (Wildman–Crippen LogP) is 3.46. The minimum Gasteiger partial charge on any atom is -0.478 e. The van der Waals surface area contributed by atoms with Crippen LogP contribution >= 0.6 is 34.8 Å². The van der Waals surface area contributed by atoms with Gasteiger partial charge in [0.15, 0.2) is 3.79 Å². The Labute approximate surface area is 113 Å². The van der Waals surface area contributed by atoms with Crippen LogP contribution < -0.4 is 0 Å². The molecule has 0 amide bonds. The van der Waals surface area contributed by atoms with Crippen molar-refractivity contribution in [2.45, 2.75) is 10.7 Å². The van der Waals surface area contributed by atoms with Gasteiger partial charge in [-0.3, -0.25) is 0 Å². The smallest absolute Gasteiger partial charge is 0.336 e. The van der Waals surface area contributed by atoms with Gasteiger partial charge in [-0.05, 0) is 19.1 Å². The molecular weight excluding hydrogens is 290 g/mol. The highest BCUT2D eigenvalue weighted by molar-refractivity contribution is 6.67. The molecule has 0 saturated heterocycles. The molecule has 0 spiro atoms. The van der Waals surface area contributed by atoms with E-state index >= 15 is 0 Å². The Hall–Kier alpha value is -0.970. The number of hydrogen-bond donors (Lipinski definition) is 2. The van der Waals surface area contributed by atoms with Gasteiger partial charge >= 0.3 is 11.9 Å². The maximum absolute atomic E-state index is 10.5. The molecule has 0 aliphatic heterocycles. The molecule has 0 fully saturated rings. The zero-order chi connectivity index (χ0) is 13.6. The number of carbonyl (C=O) groups is 2. The maximum Gasteiger partial charge on any atom is 0.336 e. The van der Waals surface area contributed by atoms with Gasteiger partial charge in [0.2, 0.25) is 0 Å². The monoisotopic (exact) mass is 298 g/mol. The van der Waals surface area contributed by atoms with Crippen molar-refractivity contribution in [1.82, 2.24) is 0 Å². The summed E-state index contributed by atoms with van der Waals surface area (Å²) in [5.74, 6) is -2.46. The van der Waals surface area contributed by atoms with Crippen LogP contribution in [0.4, 0.5) is 0 Å². The maximum atomic E-state index is 10.5. The van der Waals surface area contributed by atoms with Gasteiger partial charge in [0.1, 0.15) is 0 Å². The lowest BCUT2D eigenvalue weighted by molar-refractivity contribution is 0.0651. The molecule has 94 valence electrons. The average Bonchev–Trinajstić information content (AvgIpc) is 2.15. The Bertz CT molecular complexity index is 373. The molecule has 0 aliphatic rings. The number of carboxylic acids is 2. The molecule has 0 bridgehead atoms. The first-order valence-corrected chi connectivity index (χ1v) is 5.38. The van der Waals surface area contributed by atoms with Crippen molar-refractivity contribution >= 4 is 46.7 Å². The first kappa shape index (κ1) is 16.0. The highest BCUT2D eigenvalue weighted by Gasteiger charge is 2.13. The number of aromatic carboxylic acids is 2. The van der Waals surface area contributed by atoms with Crippen LogP contribution in [0.2, 0.25) is 0 Å². The number of halogens is 3. The molecule has 0 aliphatic carbocycles. The van der Waals surface area contributed by atoms with E-state index in [1.165, 1.54) is 31.2 Å². The standard InChI is InChI=1S/C8H6O4.C2H3Cl3/c9-7(10)5-3-1-2-4-6(5)8(11)12;1-2(3,4)5/h1-4H,(H,9,10)(H,11,12);1H3. The first-order chi connectivity index (χ1) is 7.63. The van der Waals surface area contributed by atoms with Crippen LogP contribution in [0.15, 0.2) is 24.3 Å². The van der Waals surface area contributed by atoms with E-state index in [0.29, 0.717) is 0 Å². The highest BCUT2D eigenvalue weighted by atomic mass is 35.6. The third-order valence-corrected chi connectivity index (χ3v) is 1.39. The lowest BCUT2D eigenvalue weighted by atomic mass is 10.1. The Morgan fingerprint density at radius 2 is 1.24 bits per heavy atom. The third-order valence-electron chi connectivity index (χ3n) is 1.39. The van der Waals surface area contributed by atoms with E-state index in [2.05, 4.69) is 0 Å². The Morgan fingerprint density at radius 3 is 1.41 bits per heavy atom. The van der Waals surface area contributed by atoms with Gasteiger partial charge in [-0.15, -0.1) is 0 Å². The molecule has 2 N–H and O–H groups in total. The zero-order valence-corrected chi connectivity index (χ0v) is 10.9. The van der Waals surface area contributed by atoms with Crippen molar-refractivity contribution in [1.29, 1.82) is 0 Å². The van der Waals surface area contributed by atoms with Gasteiger partial charge in [0, 0.05) is 0 Å². The van der Waals surface area contributed by atoms with Crippen LogP contribution in [0.5, 0.6) is 0 Å². The van der Waals surface area contributed by atoms with Gasteiger partial charge in [-0.1, -0.05) is 46.9 Å². The van der Waals surface area contributed by atoms with E-state index in [4.69, 9.17) is 45.0 Å². The number of alkyl halides is 3. The lowest BCUT2D eigenvalue weighted by Gasteiger charge is -1.98. The van der Waals surface area contributed by atoms with Gasteiger partial charge < -0.3 is 10.2 Å². The SMILES string of the molecule is CC(Cl)(Cl)Cl.O=C(O)c1ccccc1C(=O)O. The van der Waals surface area contributed by atoms with Crippen molar-refractivity contribution < 1.29 is 19.8 Å². The molecule has 4 nitrogen and oxygen atoms in total. The summed E-state index contributed by atoms with van der Waals surface area (Å²) in [7, 11) is 0. The molecule has 0 saturated carbocycles. The summed E-state index contributed by atoms with van der Waals surface area (Å²) < 4.78 is -1.08. The number of carboxylic acid groups (broad SMARTS) is 2. The first-order valence-electron chi connectivity index (χ1n) is 4.25. The van der Waals surface area contributed by atoms with E-state index < -0.39 is 15.7 Å². The molecule has 0 heterocycles. The normalized spacial score (nSPS) is 10.1. The minimum atomic E-state index is -1.23. The van der Waals surface area contributed by atoms with Crippen LogP contribution in [0.3, 0.4) is 0 Å². The minimum absolute atomic E-state index is 0.190. The van der Waals surface area contributed by atoms with Crippen molar-refractivity contribution in [3.63, 3.8) is 0 Å². The van der Waals surface area contributed by atoms with Crippen molar-refractivity contribution in [3.05, 3.63) is 35.4 Å². The second-order valence-corrected chi connectivity index (χ2v) is 5.79. The van der Waals surface area contributed by atoms with E-state index in [1.807, 2.05) is 0 Å².